The average molecular weight is 972 g/mol. The highest BCUT2D eigenvalue weighted by atomic mass is 127. The molecule has 0 bridgehead atoms. The van der Waals surface area contributed by atoms with E-state index in [1.54, 1.807) is 22.8 Å². The number of benzene rings is 3. The fourth-order valence-corrected chi connectivity index (χ4v) is 11.3. The van der Waals surface area contributed by atoms with Gasteiger partial charge in [0.05, 0.1) is 10.3 Å². The van der Waals surface area contributed by atoms with Crippen molar-refractivity contribution in [2.45, 2.75) is 80.5 Å². The summed E-state index contributed by atoms with van der Waals surface area (Å²) in [4.78, 5) is 13.6. The monoisotopic (exact) mass is 971 g/mol. The number of carbonyl (C=O) groups is 1. The Morgan fingerprint density at radius 2 is 1.54 bits per heavy atom. The second-order valence-electron chi connectivity index (χ2n) is 13.9. The third-order valence-corrected chi connectivity index (χ3v) is 13.0. The van der Waals surface area contributed by atoms with Crippen molar-refractivity contribution in [2.75, 3.05) is 11.9 Å². The number of hydrogen-bond donors (Lipinski definition) is 3. The molecule has 0 radical (unpaired) electrons. The average Bonchev–Trinajstić information content (AvgIpc) is 3.37. The van der Waals surface area contributed by atoms with Gasteiger partial charge in [0.15, 0.2) is 5.71 Å². The van der Waals surface area contributed by atoms with Gasteiger partial charge < -0.3 is 10.0 Å². The first-order chi connectivity index (χ1) is 24.1. The SMILES string of the molecule is CCCCC(C(=O)O)[N+]1=C(/C=C/C=C/C=C/C=C2\N(C)c3cc(I)cc(I)c3C2(C)C)C(C)(C)c2c1ccc1c(S(=O)(=O)O)cc(S(=O)(=O)O)cc21. The Labute approximate surface area is 332 Å². The molecule has 0 saturated heterocycles. The molecule has 3 N–H and O–H groups in total. The molecule has 52 heavy (non-hydrogen) atoms. The fraction of sp³-hybridized carbons (Fsp3) is 0.316. The second kappa shape index (κ2) is 14.7. The van der Waals surface area contributed by atoms with Crippen LogP contribution < -0.4 is 4.90 Å². The third kappa shape index (κ3) is 7.43. The summed E-state index contributed by atoms with van der Waals surface area (Å²) in [7, 11) is -7.73. The normalized spacial score (nSPS) is 18.4. The molecule has 3 aromatic rings. The van der Waals surface area contributed by atoms with Crippen LogP contribution in [0.2, 0.25) is 0 Å². The van der Waals surface area contributed by atoms with Gasteiger partial charge in [0.25, 0.3) is 26.3 Å². The van der Waals surface area contributed by atoms with Crippen LogP contribution in [0.3, 0.4) is 0 Å². The summed E-state index contributed by atoms with van der Waals surface area (Å²) < 4.78 is 73.5. The van der Waals surface area contributed by atoms with Gasteiger partial charge >= 0.3 is 5.97 Å². The van der Waals surface area contributed by atoms with Gasteiger partial charge in [-0.3, -0.25) is 9.11 Å². The molecular weight excluding hydrogens is 930 g/mol. The number of anilines is 1. The standard InChI is InChI=1S/C38H40I2N2O8S2/c1-7-8-14-29(36(43)44)42-28-18-17-25-26(21-24(51(45,46)47)22-31(25)52(48,49)50)34(28)38(4,5)33(42)16-13-11-9-10-12-15-32-37(2,3)35-27(40)19-23(39)20-30(35)41(32)6/h9-13,15-22,29H,7-8,14H2,1-6H3,(H2-,43,44,45,46,47,48,49,50)/p+1. The minimum absolute atomic E-state index is 0.0371. The maximum Gasteiger partial charge on any atom is 0.373 e. The lowest BCUT2D eigenvalue weighted by atomic mass is 9.79. The van der Waals surface area contributed by atoms with Gasteiger partial charge in [-0.2, -0.15) is 21.4 Å². The number of carboxylic acid groups (broad SMARTS) is 1. The number of hydrogen-bond acceptors (Lipinski definition) is 6. The second-order valence-corrected chi connectivity index (χ2v) is 19.2. The highest BCUT2D eigenvalue weighted by Crippen LogP contribution is 2.50. The Balaban J connectivity index is 1.58. The van der Waals surface area contributed by atoms with Crippen LogP contribution in [0.25, 0.3) is 10.8 Å². The molecule has 1 atom stereocenters. The Morgan fingerprint density at radius 3 is 2.15 bits per heavy atom. The molecule has 0 aliphatic carbocycles. The summed E-state index contributed by atoms with van der Waals surface area (Å²) in [5.74, 6) is -1.05. The zero-order chi connectivity index (χ0) is 38.6. The van der Waals surface area contributed by atoms with Crippen LogP contribution in [0.4, 0.5) is 11.4 Å². The van der Waals surface area contributed by atoms with Crippen molar-refractivity contribution in [3.8, 4) is 0 Å². The number of rotatable bonds is 11. The van der Waals surface area contributed by atoms with E-state index in [4.69, 9.17) is 0 Å². The zero-order valence-corrected chi connectivity index (χ0v) is 35.5. The molecular formula is C38H41I2N2O8S2+. The largest absolute Gasteiger partial charge is 0.476 e. The van der Waals surface area contributed by atoms with Crippen LogP contribution in [0.15, 0.2) is 94.4 Å². The third-order valence-electron chi connectivity index (χ3n) is 9.81. The van der Waals surface area contributed by atoms with Crippen molar-refractivity contribution >= 4 is 99.2 Å². The van der Waals surface area contributed by atoms with E-state index in [0.717, 1.165) is 18.2 Å². The van der Waals surface area contributed by atoms with E-state index < -0.39 is 47.5 Å². The van der Waals surface area contributed by atoms with Crippen molar-refractivity contribution in [2.24, 2.45) is 0 Å². The van der Waals surface area contributed by atoms with Gasteiger partial charge in [0.2, 0.25) is 5.69 Å². The number of likely N-dealkylation sites (N-methyl/N-ethyl adjacent to an activating group) is 1. The first-order valence-electron chi connectivity index (χ1n) is 16.5. The van der Waals surface area contributed by atoms with Crippen molar-refractivity contribution < 1.29 is 40.4 Å². The first-order valence-corrected chi connectivity index (χ1v) is 21.6. The highest BCUT2D eigenvalue weighted by Gasteiger charge is 2.50. The molecule has 0 spiro atoms. The quantitative estimate of drug-likeness (QED) is 0.0743. The number of nitrogens with zero attached hydrogens (tertiary/aromatic N) is 2. The first kappa shape index (κ1) is 40.3. The van der Waals surface area contributed by atoms with Gasteiger partial charge in [0.1, 0.15) is 4.90 Å². The smallest absolute Gasteiger partial charge is 0.373 e. The molecule has 0 amide bonds. The number of carboxylic acids is 1. The molecule has 3 aromatic carbocycles. The van der Waals surface area contributed by atoms with E-state index in [1.165, 1.54) is 24.5 Å². The van der Waals surface area contributed by atoms with E-state index in [2.05, 4.69) is 89.2 Å². The minimum Gasteiger partial charge on any atom is -0.476 e. The molecule has 0 saturated carbocycles. The van der Waals surface area contributed by atoms with Crippen molar-refractivity contribution in [3.63, 3.8) is 0 Å². The molecule has 1 unspecified atom stereocenters. The summed E-state index contributed by atoms with van der Waals surface area (Å²) in [5, 5.41) is 10.6. The Morgan fingerprint density at radius 1 is 0.885 bits per heavy atom. The summed E-state index contributed by atoms with van der Waals surface area (Å²) >= 11 is 4.74. The van der Waals surface area contributed by atoms with E-state index in [0.29, 0.717) is 35.9 Å². The summed E-state index contributed by atoms with van der Waals surface area (Å²) in [6, 6.07) is 8.28. The molecule has 2 aliphatic heterocycles. The topological polar surface area (TPSA) is 152 Å². The maximum atomic E-state index is 12.8. The van der Waals surface area contributed by atoms with E-state index in [-0.39, 0.29) is 16.2 Å². The maximum absolute atomic E-state index is 12.8. The fourth-order valence-electron chi connectivity index (χ4n) is 7.45. The molecule has 2 aliphatic rings. The van der Waals surface area contributed by atoms with E-state index in [9.17, 15) is 35.8 Å². The van der Waals surface area contributed by atoms with Crippen molar-refractivity contribution in [3.05, 3.63) is 103 Å². The molecule has 10 nitrogen and oxygen atoms in total. The van der Waals surface area contributed by atoms with Gasteiger partial charge in [-0.15, -0.1) is 0 Å². The van der Waals surface area contributed by atoms with Gasteiger partial charge in [-0.05, 0) is 107 Å². The van der Waals surface area contributed by atoms with Crippen LogP contribution in [-0.4, -0.2) is 60.4 Å². The molecule has 2 heterocycles. The van der Waals surface area contributed by atoms with Gasteiger partial charge in [0, 0.05) is 66.1 Å². The number of allylic oxidation sites excluding steroid dienone is 8. The van der Waals surface area contributed by atoms with E-state index >= 15 is 0 Å². The van der Waals surface area contributed by atoms with Crippen LogP contribution in [0, 0.1) is 7.14 Å². The molecule has 5 rings (SSSR count). The lowest BCUT2D eigenvalue weighted by Crippen LogP contribution is -2.36. The molecule has 14 heteroatoms. The predicted molar refractivity (Wildman–Crippen MR) is 221 cm³/mol. The highest BCUT2D eigenvalue weighted by molar-refractivity contribution is 14.1. The van der Waals surface area contributed by atoms with Crippen LogP contribution in [0.5, 0.6) is 0 Å². The lowest BCUT2D eigenvalue weighted by molar-refractivity contribution is -0.471. The summed E-state index contributed by atoms with van der Waals surface area (Å²) in [5.41, 5.74) is 4.00. The number of fused-ring (bicyclic) bond motifs is 4. The minimum atomic E-state index is -4.92. The van der Waals surface area contributed by atoms with Crippen molar-refractivity contribution in [1.29, 1.82) is 0 Å². The summed E-state index contributed by atoms with van der Waals surface area (Å²) in [6.45, 7) is 10.1. The number of halogens is 2. The molecule has 276 valence electrons. The Hall–Kier alpha value is -2.90. The van der Waals surface area contributed by atoms with Crippen LogP contribution >= 0.6 is 45.2 Å². The molecule has 0 fully saturated rings. The summed E-state index contributed by atoms with van der Waals surface area (Å²) in [6.07, 6.45) is 15.0. The predicted octanol–water partition coefficient (Wildman–Crippen LogP) is 8.54. The van der Waals surface area contributed by atoms with E-state index in [1.807, 2.05) is 45.1 Å². The molecule has 0 aromatic heterocycles. The number of aliphatic carboxylic acids is 1. The lowest BCUT2D eigenvalue weighted by Gasteiger charge is -2.24. The Kier molecular flexibility index (Phi) is 11.4. The van der Waals surface area contributed by atoms with Crippen molar-refractivity contribution in [1.82, 2.24) is 0 Å². The van der Waals surface area contributed by atoms with Gasteiger partial charge in [-0.25, -0.2) is 4.79 Å². The zero-order valence-electron chi connectivity index (χ0n) is 29.6. The Bertz CT molecular complexity index is 2370. The number of unbranched alkanes of at least 4 members (excludes halogenated alkanes) is 1. The van der Waals surface area contributed by atoms with Crippen LogP contribution in [0.1, 0.15) is 65.0 Å². The van der Waals surface area contributed by atoms with Crippen LogP contribution in [-0.2, 0) is 35.9 Å². The van der Waals surface area contributed by atoms with Gasteiger partial charge in [-0.1, -0.05) is 57.6 Å².